The summed E-state index contributed by atoms with van der Waals surface area (Å²) in [5, 5.41) is 9.91. The molecule has 1 unspecified atom stereocenters. The minimum absolute atomic E-state index is 0.0214. The maximum absolute atomic E-state index is 15.1. The van der Waals surface area contributed by atoms with Gasteiger partial charge in [-0.15, -0.1) is 0 Å². The number of nitrogens with zero attached hydrogens (tertiary/aromatic N) is 3. The highest BCUT2D eigenvalue weighted by Gasteiger charge is 2.34. The first kappa shape index (κ1) is 24.9. The van der Waals surface area contributed by atoms with Gasteiger partial charge in [-0.1, -0.05) is 0 Å². The fraction of sp³-hybridized carbons (Fsp3) is 0.591. The van der Waals surface area contributed by atoms with Crippen molar-refractivity contribution in [1.82, 2.24) is 21.0 Å². The van der Waals surface area contributed by atoms with Gasteiger partial charge in [0.2, 0.25) is 5.91 Å². The molecule has 1 aromatic rings. The number of urea groups is 1. The number of rotatable bonds is 5. The van der Waals surface area contributed by atoms with E-state index in [4.69, 9.17) is 9.57 Å². The molecule has 0 bridgehead atoms. The number of nitrogens with one attached hydrogen (secondary N) is 3. The standard InChI is InChI=1S/C22H30F2N6O5/c1-14(31)26-12-17-13-29(22(33)35-17)16-10-18(23)20(19(24)11-16)28-6-7-30(34-9-8-28)21(32)27-15-2-4-25-5-3-15/h10-11,15,17,25H,2-9,12-13H2,1H3,(H,26,31)(H,27,32). The lowest BCUT2D eigenvalue weighted by molar-refractivity contribution is -0.119. The molecule has 3 N–H and O–H groups in total. The van der Waals surface area contributed by atoms with Gasteiger partial charge in [-0.05, 0) is 25.9 Å². The van der Waals surface area contributed by atoms with E-state index in [1.54, 1.807) is 0 Å². The van der Waals surface area contributed by atoms with E-state index in [-0.39, 0.29) is 68.7 Å². The van der Waals surface area contributed by atoms with Crippen molar-refractivity contribution < 1.29 is 32.7 Å². The first-order valence-corrected chi connectivity index (χ1v) is 11.7. The van der Waals surface area contributed by atoms with E-state index >= 15 is 8.78 Å². The Labute approximate surface area is 201 Å². The van der Waals surface area contributed by atoms with E-state index in [1.807, 2.05) is 0 Å². The first-order chi connectivity index (χ1) is 16.8. The fourth-order valence-electron chi connectivity index (χ4n) is 4.35. The van der Waals surface area contributed by atoms with Crippen LogP contribution in [0.5, 0.6) is 0 Å². The molecule has 4 rings (SSSR count). The Morgan fingerprint density at radius 1 is 1.14 bits per heavy atom. The van der Waals surface area contributed by atoms with Gasteiger partial charge >= 0.3 is 12.1 Å². The average Bonchev–Trinajstić information content (AvgIpc) is 3.02. The Bertz CT molecular complexity index is 937. The summed E-state index contributed by atoms with van der Waals surface area (Å²) in [6.45, 7) is 3.70. The van der Waals surface area contributed by atoms with Crippen LogP contribution >= 0.6 is 0 Å². The zero-order valence-electron chi connectivity index (χ0n) is 19.5. The number of amides is 4. The van der Waals surface area contributed by atoms with Crippen LogP contribution in [0.4, 0.5) is 29.7 Å². The van der Waals surface area contributed by atoms with Gasteiger partial charge in [0.25, 0.3) is 0 Å². The third-order valence-corrected chi connectivity index (χ3v) is 6.16. The molecular weight excluding hydrogens is 466 g/mol. The van der Waals surface area contributed by atoms with Gasteiger partial charge in [0.1, 0.15) is 11.8 Å². The summed E-state index contributed by atoms with van der Waals surface area (Å²) in [5.74, 6) is -1.96. The van der Waals surface area contributed by atoms with E-state index in [0.29, 0.717) is 0 Å². The Morgan fingerprint density at radius 3 is 2.54 bits per heavy atom. The van der Waals surface area contributed by atoms with Crippen LogP contribution in [0.2, 0.25) is 0 Å². The molecule has 0 aromatic heterocycles. The van der Waals surface area contributed by atoms with Crippen LogP contribution in [0.15, 0.2) is 12.1 Å². The number of hydroxylamine groups is 2. The minimum Gasteiger partial charge on any atom is -0.442 e. The molecule has 1 atom stereocenters. The number of carbonyl (C=O) groups excluding carboxylic acids is 3. The van der Waals surface area contributed by atoms with E-state index in [0.717, 1.165) is 43.0 Å². The molecule has 11 nitrogen and oxygen atoms in total. The van der Waals surface area contributed by atoms with Gasteiger partial charge in [0, 0.05) is 38.2 Å². The second-order valence-corrected chi connectivity index (χ2v) is 8.71. The maximum Gasteiger partial charge on any atom is 0.414 e. The largest absolute Gasteiger partial charge is 0.442 e. The third-order valence-electron chi connectivity index (χ3n) is 6.16. The van der Waals surface area contributed by atoms with Crippen molar-refractivity contribution in [3.05, 3.63) is 23.8 Å². The number of carbonyl (C=O) groups is 3. The lowest BCUT2D eigenvalue weighted by atomic mass is 10.1. The van der Waals surface area contributed by atoms with Gasteiger partial charge in [-0.2, -0.15) is 0 Å². The molecular formula is C22H30F2N6O5. The highest BCUT2D eigenvalue weighted by Crippen LogP contribution is 2.31. The lowest BCUT2D eigenvalue weighted by Crippen LogP contribution is -2.49. The maximum atomic E-state index is 15.1. The highest BCUT2D eigenvalue weighted by atomic mass is 19.1. The van der Waals surface area contributed by atoms with E-state index in [1.165, 1.54) is 16.9 Å². The monoisotopic (exact) mass is 496 g/mol. The normalized spacial score (nSPS) is 21.5. The molecule has 1 aromatic carbocycles. The van der Waals surface area contributed by atoms with E-state index < -0.39 is 23.8 Å². The Hall–Kier alpha value is -3.19. The van der Waals surface area contributed by atoms with Crippen molar-refractivity contribution in [3.63, 3.8) is 0 Å². The average molecular weight is 497 g/mol. The summed E-state index contributed by atoms with van der Waals surface area (Å²) in [5.41, 5.74) is -0.228. The Balaban J connectivity index is 1.39. The van der Waals surface area contributed by atoms with Crippen LogP contribution in [0.3, 0.4) is 0 Å². The molecule has 0 radical (unpaired) electrons. The quantitative estimate of drug-likeness (QED) is 0.556. The summed E-state index contributed by atoms with van der Waals surface area (Å²) < 4.78 is 35.3. The number of halogens is 2. The van der Waals surface area contributed by atoms with Gasteiger partial charge in [-0.3, -0.25) is 14.5 Å². The van der Waals surface area contributed by atoms with Crippen molar-refractivity contribution in [3.8, 4) is 0 Å². The van der Waals surface area contributed by atoms with Gasteiger partial charge < -0.3 is 25.6 Å². The molecule has 0 aliphatic carbocycles. The van der Waals surface area contributed by atoms with Crippen LogP contribution in [0.25, 0.3) is 0 Å². The number of cyclic esters (lactones) is 1. The lowest BCUT2D eigenvalue weighted by Gasteiger charge is -2.27. The number of piperidine rings is 1. The first-order valence-electron chi connectivity index (χ1n) is 11.7. The molecule has 3 aliphatic heterocycles. The molecule has 4 amide bonds. The second kappa shape index (κ2) is 11.0. The van der Waals surface area contributed by atoms with Crippen molar-refractivity contribution in [2.45, 2.75) is 31.9 Å². The van der Waals surface area contributed by atoms with Crippen LogP contribution in [0, 0.1) is 11.6 Å². The summed E-state index contributed by atoms with van der Waals surface area (Å²) in [6, 6.07) is 1.85. The van der Waals surface area contributed by atoms with Crippen LogP contribution in [-0.2, 0) is 14.4 Å². The SMILES string of the molecule is CC(=O)NCC1CN(c2cc(F)c(N3CCON(C(=O)NC4CCNCC4)CC3)c(F)c2)C(=O)O1. The number of anilines is 2. The second-order valence-electron chi connectivity index (χ2n) is 8.71. The number of ether oxygens (including phenoxy) is 1. The minimum atomic E-state index is -0.842. The van der Waals surface area contributed by atoms with Gasteiger partial charge in [0.15, 0.2) is 11.6 Å². The molecule has 3 aliphatic rings. The van der Waals surface area contributed by atoms with Crippen molar-refractivity contribution in [2.24, 2.45) is 0 Å². The molecule has 3 heterocycles. The van der Waals surface area contributed by atoms with Gasteiger partial charge in [0.05, 0.1) is 31.9 Å². The van der Waals surface area contributed by atoms with Crippen LogP contribution in [0.1, 0.15) is 19.8 Å². The number of benzene rings is 1. The highest BCUT2D eigenvalue weighted by molar-refractivity contribution is 5.90. The molecule has 0 saturated carbocycles. The van der Waals surface area contributed by atoms with Crippen molar-refractivity contribution in [1.29, 1.82) is 0 Å². The smallest absolute Gasteiger partial charge is 0.414 e. The zero-order valence-corrected chi connectivity index (χ0v) is 19.5. The Kier molecular flexibility index (Phi) is 7.86. The van der Waals surface area contributed by atoms with Crippen LogP contribution < -0.4 is 25.8 Å². The van der Waals surface area contributed by atoms with Crippen molar-refractivity contribution in [2.75, 3.05) is 62.2 Å². The summed E-state index contributed by atoms with van der Waals surface area (Å²) in [4.78, 5) is 44.0. The summed E-state index contributed by atoms with van der Waals surface area (Å²) >= 11 is 0. The fourth-order valence-corrected chi connectivity index (χ4v) is 4.35. The molecule has 13 heteroatoms. The molecule has 3 saturated heterocycles. The van der Waals surface area contributed by atoms with E-state index in [9.17, 15) is 14.4 Å². The Morgan fingerprint density at radius 2 is 1.86 bits per heavy atom. The van der Waals surface area contributed by atoms with Crippen LogP contribution in [-0.4, -0.2) is 87.7 Å². The zero-order chi connectivity index (χ0) is 24.9. The molecule has 3 fully saturated rings. The number of hydrogen-bond acceptors (Lipinski definition) is 7. The van der Waals surface area contributed by atoms with Gasteiger partial charge in [-0.25, -0.2) is 23.4 Å². The molecule has 192 valence electrons. The predicted molar refractivity (Wildman–Crippen MR) is 122 cm³/mol. The molecule has 0 spiro atoms. The van der Waals surface area contributed by atoms with Crippen molar-refractivity contribution >= 4 is 29.4 Å². The molecule has 35 heavy (non-hydrogen) atoms. The van der Waals surface area contributed by atoms with E-state index in [2.05, 4.69) is 16.0 Å². The summed E-state index contributed by atoms with van der Waals surface area (Å²) in [7, 11) is 0. The predicted octanol–water partition coefficient (Wildman–Crippen LogP) is 0.941. The number of hydrogen-bond donors (Lipinski definition) is 3. The topological polar surface area (TPSA) is 115 Å². The summed E-state index contributed by atoms with van der Waals surface area (Å²) in [6.07, 6.45) is 0.285. The third kappa shape index (κ3) is 6.09.